The van der Waals surface area contributed by atoms with Gasteiger partial charge in [-0.1, -0.05) is 56.2 Å². The normalized spacial score (nSPS) is 18.5. The van der Waals surface area contributed by atoms with Gasteiger partial charge in [0, 0.05) is 12.5 Å². The Morgan fingerprint density at radius 2 is 1.70 bits per heavy atom. The van der Waals surface area contributed by atoms with Gasteiger partial charge >= 0.3 is 5.97 Å². The molecule has 2 aromatic rings. The maximum absolute atomic E-state index is 14.1. The Hall–Kier alpha value is -3.74. The lowest BCUT2D eigenvalue weighted by Crippen LogP contribution is -2.52. The third kappa shape index (κ3) is 8.67. The van der Waals surface area contributed by atoms with E-state index in [1.165, 1.54) is 6.42 Å². The van der Waals surface area contributed by atoms with Crippen molar-refractivity contribution in [2.24, 2.45) is 11.8 Å². The molecule has 2 unspecified atom stereocenters. The van der Waals surface area contributed by atoms with Crippen LogP contribution >= 0.6 is 0 Å². The van der Waals surface area contributed by atoms with Crippen molar-refractivity contribution >= 4 is 11.9 Å². The summed E-state index contributed by atoms with van der Waals surface area (Å²) >= 11 is 0. The van der Waals surface area contributed by atoms with Crippen LogP contribution in [0.15, 0.2) is 67.8 Å². The van der Waals surface area contributed by atoms with Crippen molar-refractivity contribution < 1.29 is 28.5 Å². The number of methoxy groups -OCH3 is 2. The fraction of sp³-hybridized carbons (Fsp3) is 0.514. The van der Waals surface area contributed by atoms with Gasteiger partial charge in [-0.05, 0) is 92.7 Å². The highest BCUT2D eigenvalue weighted by Gasteiger charge is 2.39. The van der Waals surface area contributed by atoms with Gasteiger partial charge in [-0.25, -0.2) is 4.79 Å². The molecule has 2 aliphatic rings. The maximum Gasteiger partial charge on any atom is 0.329 e. The molecule has 2 fully saturated rings. The number of benzene rings is 2. The van der Waals surface area contributed by atoms with Crippen LogP contribution in [0.25, 0.3) is 0 Å². The van der Waals surface area contributed by atoms with E-state index in [1.807, 2.05) is 53.4 Å². The Labute approximate surface area is 263 Å². The fourth-order valence-corrected chi connectivity index (χ4v) is 6.67. The lowest BCUT2D eigenvalue weighted by atomic mass is 9.77. The van der Waals surface area contributed by atoms with Crippen molar-refractivity contribution in [1.82, 2.24) is 4.90 Å². The van der Waals surface area contributed by atoms with Crippen molar-refractivity contribution in [3.8, 4) is 17.2 Å². The van der Waals surface area contributed by atoms with Gasteiger partial charge in [0.2, 0.25) is 5.91 Å². The summed E-state index contributed by atoms with van der Waals surface area (Å²) in [5, 5.41) is 0. The fourth-order valence-electron chi connectivity index (χ4n) is 6.67. The highest BCUT2D eigenvalue weighted by atomic mass is 16.5. The molecule has 1 saturated heterocycles. The highest BCUT2D eigenvalue weighted by molar-refractivity contribution is 5.86. The summed E-state index contributed by atoms with van der Waals surface area (Å²) in [6.07, 6.45) is 13.0. The van der Waals surface area contributed by atoms with Crippen LogP contribution in [0.5, 0.6) is 17.2 Å². The second-order valence-electron chi connectivity index (χ2n) is 11.9. The molecule has 7 nitrogen and oxygen atoms in total. The van der Waals surface area contributed by atoms with Crippen LogP contribution in [-0.4, -0.2) is 50.2 Å². The smallest absolute Gasteiger partial charge is 0.329 e. The van der Waals surface area contributed by atoms with Gasteiger partial charge in [0.1, 0.15) is 24.5 Å². The van der Waals surface area contributed by atoms with E-state index in [2.05, 4.69) is 13.2 Å². The molecule has 1 amide bonds. The van der Waals surface area contributed by atoms with Crippen LogP contribution in [-0.2, 0) is 20.7 Å². The van der Waals surface area contributed by atoms with Crippen molar-refractivity contribution in [1.29, 1.82) is 0 Å². The van der Waals surface area contributed by atoms with E-state index in [0.717, 1.165) is 49.7 Å². The van der Waals surface area contributed by atoms with E-state index < -0.39 is 12.1 Å². The molecule has 0 spiro atoms. The molecular formula is C37H49NO6. The number of rotatable bonds is 15. The number of amides is 1. The van der Waals surface area contributed by atoms with Gasteiger partial charge in [-0.2, -0.15) is 0 Å². The second-order valence-corrected chi connectivity index (χ2v) is 11.9. The first-order chi connectivity index (χ1) is 21.5. The molecule has 2 aromatic carbocycles. The minimum absolute atomic E-state index is 0.0835. The maximum atomic E-state index is 14.1. The van der Waals surface area contributed by atoms with Crippen molar-refractivity contribution in [3.05, 3.63) is 78.9 Å². The zero-order valence-electron chi connectivity index (χ0n) is 26.5. The second kappa shape index (κ2) is 16.9. The van der Waals surface area contributed by atoms with Crippen LogP contribution in [0.4, 0.5) is 0 Å². The van der Waals surface area contributed by atoms with E-state index in [0.29, 0.717) is 62.0 Å². The Kier molecular flexibility index (Phi) is 12.8. The number of piperidine rings is 1. The number of aryl methyl sites for hydroxylation is 1. The van der Waals surface area contributed by atoms with Crippen LogP contribution < -0.4 is 14.2 Å². The molecule has 1 aliphatic carbocycles. The van der Waals surface area contributed by atoms with E-state index in [-0.39, 0.29) is 17.8 Å². The van der Waals surface area contributed by atoms with E-state index in [4.69, 9.17) is 18.9 Å². The van der Waals surface area contributed by atoms with Crippen molar-refractivity contribution in [2.75, 3.05) is 27.4 Å². The molecule has 1 saturated carbocycles. The summed E-state index contributed by atoms with van der Waals surface area (Å²) in [6.45, 7) is 8.65. The quantitative estimate of drug-likeness (QED) is 0.154. The summed E-state index contributed by atoms with van der Waals surface area (Å²) in [5.41, 5.74) is 1.89. The number of esters is 1. The number of hydrogen-bond donors (Lipinski definition) is 0. The standard InChI is InChI=1S/C37H49NO6/c1-5-13-31(28-14-8-7-9-15-28)36(39)38-23-11-10-18-32(38)37(40)44-33(29-16-12-17-30(26-29)43-24-6-2)21-19-27-20-22-34(41-3)35(25-27)42-4/h5-6,12,16-17,20,22,25-26,28,31-33H,1-2,7-11,13-15,18-19,21,23-24H2,3-4H3/t31-,32?,33?/m1/s1. The average Bonchev–Trinajstić information content (AvgIpc) is 3.08. The summed E-state index contributed by atoms with van der Waals surface area (Å²) in [5.74, 6) is 1.97. The van der Waals surface area contributed by atoms with Gasteiger partial charge in [-0.15, -0.1) is 6.58 Å². The van der Waals surface area contributed by atoms with Gasteiger partial charge in [0.05, 0.1) is 14.2 Å². The third-order valence-corrected chi connectivity index (χ3v) is 9.01. The minimum Gasteiger partial charge on any atom is -0.493 e. The number of carbonyl (C=O) groups is 2. The molecule has 44 heavy (non-hydrogen) atoms. The van der Waals surface area contributed by atoms with Crippen LogP contribution in [0, 0.1) is 11.8 Å². The third-order valence-electron chi connectivity index (χ3n) is 9.01. The Morgan fingerprint density at radius 3 is 2.43 bits per heavy atom. The summed E-state index contributed by atoms with van der Waals surface area (Å²) in [7, 11) is 3.23. The van der Waals surface area contributed by atoms with Gasteiger partial charge in [0.25, 0.3) is 0 Å². The Balaban J connectivity index is 1.55. The summed E-state index contributed by atoms with van der Waals surface area (Å²) in [6, 6.07) is 12.9. The van der Waals surface area contributed by atoms with Crippen molar-refractivity contribution in [3.63, 3.8) is 0 Å². The number of allylic oxidation sites excluding steroid dienone is 1. The molecule has 238 valence electrons. The first-order valence-corrected chi connectivity index (χ1v) is 16.2. The lowest BCUT2D eigenvalue weighted by Gasteiger charge is -2.39. The summed E-state index contributed by atoms with van der Waals surface area (Å²) < 4.78 is 23.0. The number of hydrogen-bond acceptors (Lipinski definition) is 6. The molecule has 0 N–H and O–H groups in total. The SMILES string of the molecule is C=CCOc1cccc(C(CCc2ccc(OC)c(OC)c2)OC(=O)C2CCCCN2C(=O)[C@H](CC=C)C2CCCCC2)c1. The molecule has 4 rings (SSSR count). The minimum atomic E-state index is -0.587. The van der Waals surface area contributed by atoms with Crippen LogP contribution in [0.1, 0.15) is 81.4 Å². The molecule has 1 aliphatic heterocycles. The molecule has 0 radical (unpaired) electrons. The van der Waals surface area contributed by atoms with Crippen LogP contribution in [0.3, 0.4) is 0 Å². The number of carbonyl (C=O) groups excluding carboxylic acids is 2. The van der Waals surface area contributed by atoms with Crippen LogP contribution in [0.2, 0.25) is 0 Å². The first kappa shape index (κ1) is 33.2. The van der Waals surface area contributed by atoms with E-state index in [9.17, 15) is 9.59 Å². The Bertz CT molecular complexity index is 1250. The van der Waals surface area contributed by atoms with Gasteiger partial charge in [0.15, 0.2) is 11.5 Å². The highest BCUT2D eigenvalue weighted by Crippen LogP contribution is 2.36. The zero-order chi connectivity index (χ0) is 31.3. The molecule has 1 heterocycles. The first-order valence-electron chi connectivity index (χ1n) is 16.2. The number of likely N-dealkylation sites (tertiary alicyclic amines) is 1. The predicted molar refractivity (Wildman–Crippen MR) is 173 cm³/mol. The molecule has 7 heteroatoms. The number of nitrogens with zero attached hydrogens (tertiary/aromatic N) is 1. The largest absolute Gasteiger partial charge is 0.493 e. The lowest BCUT2D eigenvalue weighted by molar-refractivity contribution is -0.164. The monoisotopic (exact) mass is 603 g/mol. The van der Waals surface area contributed by atoms with E-state index in [1.54, 1.807) is 20.3 Å². The van der Waals surface area contributed by atoms with E-state index >= 15 is 0 Å². The molecule has 0 aromatic heterocycles. The average molecular weight is 604 g/mol. The predicted octanol–water partition coefficient (Wildman–Crippen LogP) is 7.64. The zero-order valence-corrected chi connectivity index (χ0v) is 26.5. The molecule has 0 bridgehead atoms. The van der Waals surface area contributed by atoms with Gasteiger partial charge in [-0.3, -0.25) is 4.79 Å². The van der Waals surface area contributed by atoms with Gasteiger partial charge < -0.3 is 23.8 Å². The number of ether oxygens (including phenoxy) is 4. The Morgan fingerprint density at radius 1 is 0.932 bits per heavy atom. The van der Waals surface area contributed by atoms with Crippen molar-refractivity contribution in [2.45, 2.75) is 82.8 Å². The molecule has 3 atom stereocenters. The topological polar surface area (TPSA) is 74.3 Å². The molecular weight excluding hydrogens is 554 g/mol. The summed E-state index contributed by atoms with van der Waals surface area (Å²) in [4.78, 5) is 29.9.